The summed E-state index contributed by atoms with van der Waals surface area (Å²) in [4.78, 5) is 0. The summed E-state index contributed by atoms with van der Waals surface area (Å²) in [6.45, 7) is 14.3. The van der Waals surface area contributed by atoms with Crippen molar-refractivity contribution in [3.63, 3.8) is 0 Å². The molecule has 1 aromatic heterocycles. The van der Waals surface area contributed by atoms with Crippen molar-refractivity contribution in [3.05, 3.63) is 153 Å². The molecule has 3 aromatic rings. The number of fused-ring (bicyclic) bond motifs is 2. The molecule has 0 bridgehead atoms. The molecule has 7 unspecified atom stereocenters. The van der Waals surface area contributed by atoms with E-state index in [1.807, 2.05) is 0 Å². The van der Waals surface area contributed by atoms with E-state index in [1.54, 1.807) is 5.20 Å². The summed E-state index contributed by atoms with van der Waals surface area (Å²) in [6, 6.07) is 26.8. The van der Waals surface area contributed by atoms with E-state index in [1.165, 1.54) is 50.5 Å². The van der Waals surface area contributed by atoms with E-state index in [0.717, 1.165) is 25.0 Å². The average molecular weight is 637 g/mol. The molecule has 1 fully saturated rings. The Kier molecular flexibility index (Phi) is 7.59. The summed E-state index contributed by atoms with van der Waals surface area (Å²) in [5, 5.41) is 1.72. The van der Waals surface area contributed by atoms with Gasteiger partial charge in [0.1, 0.15) is 17.3 Å². The summed E-state index contributed by atoms with van der Waals surface area (Å²) < 4.78 is 13.2. The van der Waals surface area contributed by atoms with Gasteiger partial charge in [0, 0.05) is 18.3 Å². The molecular formula is C44H48O2Si. The standard InChI is InChI=1S/C44H48O2Si/c1-27-17-21-33-35(41(27)31-13-9-7-10-14-31)25-37(39-23-19-29(3)45-39)43(33)47(5,6)44-34-22-18-28(2)42(32-15-11-8-12-16-32)36(34)26-38(44)40-24-20-30(4)46-40/h7-19,21-24,30,33-37,43H,20,25-26H2,1-6H3. The minimum Gasteiger partial charge on any atom is -0.490 e. The normalized spacial score (nSPS) is 30.2. The van der Waals surface area contributed by atoms with Crippen molar-refractivity contribution in [1.29, 1.82) is 0 Å². The number of furan rings is 1. The van der Waals surface area contributed by atoms with Crippen LogP contribution in [0.25, 0.3) is 11.1 Å². The Hall–Kier alpha value is -3.82. The van der Waals surface area contributed by atoms with Crippen molar-refractivity contribution >= 4 is 19.2 Å². The Morgan fingerprint density at radius 1 is 0.723 bits per heavy atom. The van der Waals surface area contributed by atoms with Crippen LogP contribution in [-0.4, -0.2) is 14.2 Å². The van der Waals surface area contributed by atoms with Crippen molar-refractivity contribution in [3.8, 4) is 0 Å². The lowest BCUT2D eigenvalue weighted by atomic mass is 9.78. The van der Waals surface area contributed by atoms with E-state index in [9.17, 15) is 0 Å². The number of aryl methyl sites for hydroxylation is 1. The molecule has 47 heavy (non-hydrogen) atoms. The highest BCUT2D eigenvalue weighted by Gasteiger charge is 2.57. The van der Waals surface area contributed by atoms with Crippen LogP contribution >= 0.6 is 0 Å². The molecule has 8 rings (SSSR count). The highest BCUT2D eigenvalue weighted by molar-refractivity contribution is 6.86. The molecule has 0 saturated heterocycles. The molecule has 0 amide bonds. The van der Waals surface area contributed by atoms with Crippen LogP contribution in [0.15, 0.2) is 135 Å². The van der Waals surface area contributed by atoms with Crippen LogP contribution in [0.1, 0.15) is 68.6 Å². The minimum atomic E-state index is -2.20. The predicted octanol–water partition coefficient (Wildman–Crippen LogP) is 11.6. The molecule has 0 radical (unpaired) electrons. The first-order valence-electron chi connectivity index (χ1n) is 17.8. The van der Waals surface area contributed by atoms with Gasteiger partial charge in [-0.25, -0.2) is 0 Å². The summed E-state index contributed by atoms with van der Waals surface area (Å²) >= 11 is 0. The van der Waals surface area contributed by atoms with Gasteiger partial charge in [-0.1, -0.05) is 103 Å². The second kappa shape index (κ2) is 11.7. The topological polar surface area (TPSA) is 22.4 Å². The van der Waals surface area contributed by atoms with E-state index in [0.29, 0.717) is 35.1 Å². The monoisotopic (exact) mass is 636 g/mol. The molecule has 2 aromatic carbocycles. The third-order valence-electron chi connectivity index (χ3n) is 12.1. The second-order valence-electron chi connectivity index (χ2n) is 15.3. The zero-order valence-corrected chi connectivity index (χ0v) is 29.8. The van der Waals surface area contributed by atoms with Gasteiger partial charge in [0.15, 0.2) is 0 Å². The van der Waals surface area contributed by atoms with Gasteiger partial charge >= 0.3 is 0 Å². The van der Waals surface area contributed by atoms with Crippen LogP contribution in [0.5, 0.6) is 0 Å². The van der Waals surface area contributed by atoms with Crippen molar-refractivity contribution in [1.82, 2.24) is 0 Å². The third-order valence-corrected chi connectivity index (χ3v) is 16.6. The van der Waals surface area contributed by atoms with Gasteiger partial charge in [-0.05, 0) is 121 Å². The Bertz CT molecular complexity index is 1880. The van der Waals surface area contributed by atoms with E-state index in [2.05, 4.69) is 144 Å². The fourth-order valence-corrected chi connectivity index (χ4v) is 15.5. The molecule has 5 aliphatic rings. The molecule has 1 aliphatic heterocycles. The quantitative estimate of drug-likeness (QED) is 0.251. The number of allylic oxidation sites excluding steroid dienone is 10. The molecule has 1 saturated carbocycles. The first-order chi connectivity index (χ1) is 22.7. The van der Waals surface area contributed by atoms with Crippen LogP contribution < -0.4 is 0 Å². The lowest BCUT2D eigenvalue weighted by molar-refractivity contribution is 0.165. The predicted molar refractivity (Wildman–Crippen MR) is 197 cm³/mol. The van der Waals surface area contributed by atoms with E-state index >= 15 is 0 Å². The smallest absolute Gasteiger partial charge is 0.118 e. The van der Waals surface area contributed by atoms with Crippen molar-refractivity contribution in [2.45, 2.75) is 77.6 Å². The number of benzene rings is 2. The molecule has 4 aliphatic carbocycles. The number of ether oxygens (including phenoxy) is 1. The Morgan fingerprint density at radius 3 is 1.96 bits per heavy atom. The second-order valence-corrected chi connectivity index (χ2v) is 20.0. The average Bonchev–Trinajstić information content (AvgIpc) is 3.86. The van der Waals surface area contributed by atoms with E-state index < -0.39 is 8.07 Å². The lowest BCUT2D eigenvalue weighted by Crippen LogP contribution is -2.43. The summed E-state index contributed by atoms with van der Waals surface area (Å²) in [6.07, 6.45) is 15.8. The van der Waals surface area contributed by atoms with Gasteiger partial charge in [-0.3, -0.25) is 0 Å². The number of hydrogen-bond donors (Lipinski definition) is 0. The lowest BCUT2D eigenvalue weighted by Gasteiger charge is -2.43. The van der Waals surface area contributed by atoms with Crippen molar-refractivity contribution < 1.29 is 9.15 Å². The molecular weight excluding hydrogens is 589 g/mol. The fourth-order valence-electron chi connectivity index (χ4n) is 10.4. The maximum Gasteiger partial charge on any atom is 0.118 e. The van der Waals surface area contributed by atoms with Crippen LogP contribution in [0.3, 0.4) is 0 Å². The summed E-state index contributed by atoms with van der Waals surface area (Å²) in [5.74, 6) is 5.51. The van der Waals surface area contributed by atoms with E-state index in [-0.39, 0.29) is 6.10 Å². The van der Waals surface area contributed by atoms with E-state index in [4.69, 9.17) is 9.15 Å². The largest absolute Gasteiger partial charge is 0.490 e. The number of rotatable bonds is 6. The van der Waals surface area contributed by atoms with Gasteiger partial charge in [0.25, 0.3) is 0 Å². The SMILES string of the molecule is CC1=C(c2ccccc2)C2CC(C3=CCC(C)O3)=C([Si](C)(C)C3C(c4ccc(C)o4)CC4C(c5ccccc5)=C(C)C=CC43)C2C=C1. The van der Waals surface area contributed by atoms with Crippen LogP contribution in [0.4, 0.5) is 0 Å². The summed E-state index contributed by atoms with van der Waals surface area (Å²) in [7, 11) is -2.20. The Labute approximate surface area is 282 Å². The molecule has 0 spiro atoms. The Morgan fingerprint density at radius 2 is 1.36 bits per heavy atom. The fraction of sp³-hybridized carbons (Fsp3) is 0.364. The molecule has 3 heteroatoms. The van der Waals surface area contributed by atoms with Gasteiger partial charge in [0.05, 0.1) is 14.2 Å². The maximum atomic E-state index is 6.66. The molecule has 0 N–H and O–H groups in total. The zero-order valence-electron chi connectivity index (χ0n) is 28.8. The van der Waals surface area contributed by atoms with Crippen LogP contribution in [0, 0.1) is 30.6 Å². The van der Waals surface area contributed by atoms with Crippen LogP contribution in [0.2, 0.25) is 18.6 Å². The molecule has 240 valence electrons. The van der Waals surface area contributed by atoms with Gasteiger partial charge in [-0.2, -0.15) is 0 Å². The van der Waals surface area contributed by atoms with Gasteiger partial charge in [-0.15, -0.1) is 0 Å². The minimum absolute atomic E-state index is 0.241. The van der Waals surface area contributed by atoms with Gasteiger partial charge < -0.3 is 9.15 Å². The summed E-state index contributed by atoms with van der Waals surface area (Å²) in [5.41, 5.74) is 10.6. The third kappa shape index (κ3) is 5.04. The number of hydrogen-bond acceptors (Lipinski definition) is 2. The van der Waals surface area contributed by atoms with Crippen LogP contribution in [-0.2, 0) is 4.74 Å². The maximum absolute atomic E-state index is 6.66. The highest BCUT2D eigenvalue weighted by atomic mass is 28.3. The first kappa shape index (κ1) is 30.5. The van der Waals surface area contributed by atoms with Crippen molar-refractivity contribution in [2.75, 3.05) is 0 Å². The van der Waals surface area contributed by atoms with Crippen molar-refractivity contribution in [2.24, 2.45) is 23.7 Å². The first-order valence-corrected chi connectivity index (χ1v) is 20.9. The molecule has 7 atom stereocenters. The Balaban J connectivity index is 1.28. The molecule has 2 heterocycles. The van der Waals surface area contributed by atoms with Gasteiger partial charge in [0.2, 0.25) is 0 Å². The zero-order chi connectivity index (χ0) is 32.4. The highest BCUT2D eigenvalue weighted by Crippen LogP contribution is 2.65. The molecule has 2 nitrogen and oxygen atoms in total.